The molecule has 0 N–H and O–H groups in total. The van der Waals surface area contributed by atoms with Crippen LogP contribution in [0.1, 0.15) is 5.56 Å². The molecule has 0 unspecified atom stereocenters. The molecule has 0 aliphatic carbocycles. The predicted molar refractivity (Wildman–Crippen MR) is 260 cm³/mol. The summed E-state index contributed by atoms with van der Waals surface area (Å²) in [6.07, 6.45) is 8.13. The minimum atomic E-state index is 0.481. The van der Waals surface area contributed by atoms with E-state index in [1.807, 2.05) is 35.6 Å². The lowest BCUT2D eigenvalue weighted by Gasteiger charge is -2.26. The van der Waals surface area contributed by atoms with Crippen LogP contribution in [0.3, 0.4) is 0 Å². The molecule has 0 fully saturated rings. The van der Waals surface area contributed by atoms with E-state index in [1.54, 1.807) is 0 Å². The summed E-state index contributed by atoms with van der Waals surface area (Å²) in [7, 11) is 0. The van der Waals surface area contributed by atoms with Gasteiger partial charge in [0.15, 0.2) is 5.75 Å². The molecule has 0 amide bonds. The standard InChI is InChI=1S/C57H40N2OS/c1-39-12-4-3-11-37-60-57-50(39)35-36-52-51-16-8-9-17-53(51)59(56(52)57)49-31-23-43(24-32-49)42-21-29-47(30-22-42)58(46-27-19-41(20-28-46)40-13-5-2-6-14-40)48-33-25-44(26-34-48)55-38-45-15-7-10-18-54(45)61-55/h2-36,38H,1,37H2/b11-3-,12-4-. The van der Waals surface area contributed by atoms with Gasteiger partial charge in [-0.25, -0.2) is 0 Å². The molecule has 2 aromatic heterocycles. The molecule has 0 spiro atoms. The van der Waals surface area contributed by atoms with E-state index < -0.39 is 0 Å². The van der Waals surface area contributed by atoms with Crippen LogP contribution in [0.2, 0.25) is 0 Å². The third kappa shape index (κ3) is 6.73. The number of fused-ring (bicyclic) bond motifs is 6. The Morgan fingerprint density at radius 2 is 1.11 bits per heavy atom. The van der Waals surface area contributed by atoms with Gasteiger partial charge >= 0.3 is 0 Å². The molecule has 0 saturated carbocycles. The Bertz CT molecular complexity index is 3250. The second kappa shape index (κ2) is 15.5. The summed E-state index contributed by atoms with van der Waals surface area (Å²) in [5.41, 5.74) is 14.4. The molecule has 0 saturated heterocycles. The van der Waals surface area contributed by atoms with Crippen molar-refractivity contribution in [1.29, 1.82) is 0 Å². The fourth-order valence-electron chi connectivity index (χ4n) is 8.61. The van der Waals surface area contributed by atoms with Crippen LogP contribution in [0.5, 0.6) is 5.75 Å². The Labute approximate surface area is 359 Å². The lowest BCUT2D eigenvalue weighted by molar-refractivity contribution is 0.365. The van der Waals surface area contributed by atoms with Gasteiger partial charge in [0.1, 0.15) is 6.61 Å². The second-order valence-electron chi connectivity index (χ2n) is 15.4. The Balaban J connectivity index is 0.946. The molecule has 3 nitrogen and oxygen atoms in total. The molecule has 8 aromatic carbocycles. The number of hydrogen-bond acceptors (Lipinski definition) is 3. The molecule has 61 heavy (non-hydrogen) atoms. The van der Waals surface area contributed by atoms with Crippen LogP contribution in [-0.4, -0.2) is 11.2 Å². The number of rotatable bonds is 7. The van der Waals surface area contributed by atoms with Gasteiger partial charge in [0.05, 0.1) is 11.0 Å². The maximum Gasteiger partial charge on any atom is 0.152 e. The van der Waals surface area contributed by atoms with Gasteiger partial charge in [-0.1, -0.05) is 146 Å². The summed E-state index contributed by atoms with van der Waals surface area (Å²) in [6, 6.07) is 70.0. The van der Waals surface area contributed by atoms with Crippen LogP contribution in [-0.2, 0) is 0 Å². The van der Waals surface area contributed by atoms with E-state index >= 15 is 0 Å². The highest BCUT2D eigenvalue weighted by Crippen LogP contribution is 2.43. The molecule has 10 aromatic rings. The molecule has 0 radical (unpaired) electrons. The summed E-state index contributed by atoms with van der Waals surface area (Å²) in [4.78, 5) is 3.61. The molecular weight excluding hydrogens is 761 g/mol. The smallest absolute Gasteiger partial charge is 0.152 e. The highest BCUT2D eigenvalue weighted by atomic mass is 32.1. The lowest BCUT2D eigenvalue weighted by Crippen LogP contribution is -2.09. The molecule has 1 aliphatic heterocycles. The van der Waals surface area contributed by atoms with Gasteiger partial charge in [-0.05, 0) is 118 Å². The number of aromatic nitrogens is 1. The van der Waals surface area contributed by atoms with E-state index in [1.165, 1.54) is 37.0 Å². The topological polar surface area (TPSA) is 17.4 Å². The van der Waals surface area contributed by atoms with Crippen molar-refractivity contribution in [1.82, 2.24) is 4.57 Å². The van der Waals surface area contributed by atoms with Gasteiger partial charge in [-0.3, -0.25) is 0 Å². The van der Waals surface area contributed by atoms with Crippen molar-refractivity contribution >= 4 is 65.9 Å². The molecule has 0 atom stereocenters. The van der Waals surface area contributed by atoms with E-state index in [4.69, 9.17) is 4.74 Å². The number of para-hydroxylation sites is 1. The Kier molecular flexibility index (Phi) is 9.26. The lowest BCUT2D eigenvalue weighted by atomic mass is 10.0. The number of nitrogens with zero attached hydrogens (tertiary/aromatic N) is 2. The first-order chi connectivity index (χ1) is 30.2. The molecule has 0 bridgehead atoms. The van der Waals surface area contributed by atoms with Crippen molar-refractivity contribution in [3.63, 3.8) is 0 Å². The van der Waals surface area contributed by atoms with E-state index in [-0.39, 0.29) is 0 Å². The van der Waals surface area contributed by atoms with Gasteiger partial charge in [0.25, 0.3) is 0 Å². The number of hydrogen-bond donors (Lipinski definition) is 0. The largest absolute Gasteiger partial charge is 0.487 e. The number of allylic oxidation sites excluding steroid dienone is 4. The minimum Gasteiger partial charge on any atom is -0.487 e. The Morgan fingerprint density at radius 3 is 1.80 bits per heavy atom. The van der Waals surface area contributed by atoms with Crippen LogP contribution in [0.4, 0.5) is 17.1 Å². The maximum absolute atomic E-state index is 6.52. The summed E-state index contributed by atoms with van der Waals surface area (Å²) in [5.74, 6) is 0.851. The van der Waals surface area contributed by atoms with Gasteiger partial charge in [0, 0.05) is 48.7 Å². The average molecular weight is 801 g/mol. The number of thiophene rings is 1. The zero-order chi connectivity index (χ0) is 40.7. The van der Waals surface area contributed by atoms with Crippen LogP contribution < -0.4 is 9.64 Å². The summed E-state index contributed by atoms with van der Waals surface area (Å²) in [5, 5.41) is 3.63. The van der Waals surface area contributed by atoms with E-state index in [9.17, 15) is 0 Å². The monoisotopic (exact) mass is 800 g/mol. The van der Waals surface area contributed by atoms with Crippen LogP contribution >= 0.6 is 11.3 Å². The normalized spacial score (nSPS) is 13.6. The minimum absolute atomic E-state index is 0.481. The van der Waals surface area contributed by atoms with Gasteiger partial charge in [0.2, 0.25) is 0 Å². The zero-order valence-electron chi connectivity index (χ0n) is 33.4. The molecule has 3 heterocycles. The molecule has 1 aliphatic rings. The van der Waals surface area contributed by atoms with Crippen LogP contribution in [0.15, 0.2) is 225 Å². The maximum atomic E-state index is 6.52. The van der Waals surface area contributed by atoms with E-state index in [0.717, 1.165) is 67.2 Å². The highest BCUT2D eigenvalue weighted by molar-refractivity contribution is 7.22. The highest BCUT2D eigenvalue weighted by Gasteiger charge is 2.21. The summed E-state index contributed by atoms with van der Waals surface area (Å²) < 4.78 is 10.2. The number of ether oxygens (including phenoxy) is 1. The fraction of sp³-hybridized carbons (Fsp3) is 0.0175. The van der Waals surface area contributed by atoms with Crippen LogP contribution in [0.25, 0.3) is 75.8 Å². The first-order valence-corrected chi connectivity index (χ1v) is 21.4. The fourth-order valence-corrected chi connectivity index (χ4v) is 9.68. The average Bonchev–Trinajstić information content (AvgIpc) is 3.93. The van der Waals surface area contributed by atoms with Gasteiger partial charge < -0.3 is 14.2 Å². The third-order valence-electron chi connectivity index (χ3n) is 11.7. The molecule has 11 rings (SSSR count). The van der Waals surface area contributed by atoms with Crippen molar-refractivity contribution in [3.05, 3.63) is 231 Å². The third-order valence-corrected chi connectivity index (χ3v) is 12.8. The SMILES string of the molecule is C=C1/C=C\C=C/COc2c1ccc1c3ccccc3n(-c3ccc(-c4ccc(N(c5ccc(-c6ccccc6)cc5)c5ccc(-c6cc7ccccc7s6)cc5)cc4)cc3)c21. The number of benzene rings is 8. The van der Waals surface area contributed by atoms with Gasteiger partial charge in [-0.15, -0.1) is 11.3 Å². The Morgan fingerprint density at radius 1 is 0.525 bits per heavy atom. The zero-order valence-corrected chi connectivity index (χ0v) is 34.2. The van der Waals surface area contributed by atoms with Crippen molar-refractivity contribution < 1.29 is 4.74 Å². The van der Waals surface area contributed by atoms with Gasteiger partial charge in [-0.2, -0.15) is 0 Å². The van der Waals surface area contributed by atoms with Crippen LogP contribution in [0, 0.1) is 0 Å². The van der Waals surface area contributed by atoms with Crippen molar-refractivity contribution in [2.75, 3.05) is 11.5 Å². The second-order valence-corrected chi connectivity index (χ2v) is 16.4. The molecule has 290 valence electrons. The Hall–Kier alpha value is -7.66. The predicted octanol–water partition coefficient (Wildman–Crippen LogP) is 16.0. The number of anilines is 3. The van der Waals surface area contributed by atoms with Crippen molar-refractivity contribution in [2.45, 2.75) is 0 Å². The summed E-state index contributed by atoms with van der Waals surface area (Å²) in [6.45, 7) is 4.86. The van der Waals surface area contributed by atoms with Crippen molar-refractivity contribution in [3.8, 4) is 44.1 Å². The van der Waals surface area contributed by atoms with Crippen molar-refractivity contribution in [2.24, 2.45) is 0 Å². The first kappa shape index (κ1) is 36.4. The van der Waals surface area contributed by atoms with E-state index in [2.05, 4.69) is 210 Å². The van der Waals surface area contributed by atoms with E-state index in [0.29, 0.717) is 6.61 Å². The quantitative estimate of drug-likeness (QED) is 0.160. The first-order valence-electron chi connectivity index (χ1n) is 20.6. The molecular formula is C57H40N2OS. The summed E-state index contributed by atoms with van der Waals surface area (Å²) >= 11 is 1.84. The molecule has 4 heteroatoms.